The standard InChI is InChI=1S/C12H16FIN2O/c1-17-8-2-4-16(5-3-8)12-6-9(13)10(14)7-11(12)15/h6-8H,2-5,15H2,1H3. The molecule has 5 heteroatoms. The van der Waals surface area contributed by atoms with Crippen LogP contribution in [-0.2, 0) is 4.74 Å². The van der Waals surface area contributed by atoms with Crippen LogP contribution in [0.5, 0.6) is 0 Å². The van der Waals surface area contributed by atoms with Gasteiger partial charge >= 0.3 is 0 Å². The number of nitrogens with zero attached hydrogens (tertiary/aromatic N) is 1. The molecule has 0 amide bonds. The van der Waals surface area contributed by atoms with E-state index in [-0.39, 0.29) is 5.82 Å². The van der Waals surface area contributed by atoms with Gasteiger partial charge in [-0.25, -0.2) is 4.39 Å². The molecule has 0 unspecified atom stereocenters. The smallest absolute Gasteiger partial charge is 0.138 e. The van der Waals surface area contributed by atoms with Crippen LogP contribution in [0.15, 0.2) is 12.1 Å². The summed E-state index contributed by atoms with van der Waals surface area (Å²) in [7, 11) is 1.74. The highest BCUT2D eigenvalue weighted by atomic mass is 127. The number of nitrogen functional groups attached to an aromatic ring is 1. The van der Waals surface area contributed by atoms with E-state index < -0.39 is 0 Å². The first-order valence-electron chi connectivity index (χ1n) is 5.64. The first kappa shape index (κ1) is 12.9. The van der Waals surface area contributed by atoms with Gasteiger partial charge in [0.05, 0.1) is 21.0 Å². The van der Waals surface area contributed by atoms with E-state index in [0.717, 1.165) is 31.6 Å². The summed E-state index contributed by atoms with van der Waals surface area (Å²) in [5.41, 5.74) is 7.39. The Morgan fingerprint density at radius 3 is 2.65 bits per heavy atom. The minimum atomic E-state index is -0.205. The van der Waals surface area contributed by atoms with Crippen LogP contribution in [0.1, 0.15) is 12.8 Å². The van der Waals surface area contributed by atoms with Gasteiger partial charge in [0.15, 0.2) is 0 Å². The second-order valence-electron chi connectivity index (χ2n) is 4.25. The van der Waals surface area contributed by atoms with E-state index >= 15 is 0 Å². The third-order valence-corrected chi connectivity index (χ3v) is 4.01. The normalized spacial score (nSPS) is 17.5. The van der Waals surface area contributed by atoms with Gasteiger partial charge in [0.25, 0.3) is 0 Å². The molecule has 1 aliphatic rings. The predicted molar refractivity (Wildman–Crippen MR) is 75.8 cm³/mol. The molecule has 2 rings (SSSR count). The molecule has 0 radical (unpaired) electrons. The summed E-state index contributed by atoms with van der Waals surface area (Å²) in [6.45, 7) is 1.73. The van der Waals surface area contributed by atoms with Crippen molar-refractivity contribution < 1.29 is 9.13 Å². The average molecular weight is 350 g/mol. The van der Waals surface area contributed by atoms with Gasteiger partial charge in [0.2, 0.25) is 0 Å². The average Bonchev–Trinajstić information content (AvgIpc) is 2.34. The minimum Gasteiger partial charge on any atom is -0.397 e. The van der Waals surface area contributed by atoms with Crippen LogP contribution in [0.4, 0.5) is 15.8 Å². The quantitative estimate of drug-likeness (QED) is 0.658. The largest absolute Gasteiger partial charge is 0.397 e. The molecule has 3 nitrogen and oxygen atoms in total. The molecule has 0 atom stereocenters. The molecule has 0 aromatic heterocycles. The Bertz CT molecular complexity index is 406. The molecule has 0 bridgehead atoms. The first-order valence-corrected chi connectivity index (χ1v) is 6.72. The lowest BCUT2D eigenvalue weighted by Crippen LogP contribution is -2.37. The third kappa shape index (κ3) is 2.82. The van der Waals surface area contributed by atoms with E-state index in [4.69, 9.17) is 10.5 Å². The van der Waals surface area contributed by atoms with E-state index in [2.05, 4.69) is 4.90 Å². The van der Waals surface area contributed by atoms with Gasteiger partial charge in [-0.1, -0.05) is 0 Å². The summed E-state index contributed by atoms with van der Waals surface area (Å²) >= 11 is 1.95. The van der Waals surface area contributed by atoms with E-state index in [0.29, 0.717) is 15.4 Å². The van der Waals surface area contributed by atoms with Gasteiger partial charge in [0, 0.05) is 26.3 Å². The third-order valence-electron chi connectivity index (χ3n) is 3.19. The van der Waals surface area contributed by atoms with Crippen LogP contribution in [0.3, 0.4) is 0 Å². The fourth-order valence-electron chi connectivity index (χ4n) is 2.16. The number of ether oxygens (including phenoxy) is 1. The van der Waals surface area contributed by atoms with Crippen LogP contribution >= 0.6 is 22.6 Å². The van der Waals surface area contributed by atoms with Crippen molar-refractivity contribution >= 4 is 34.0 Å². The molecule has 17 heavy (non-hydrogen) atoms. The lowest BCUT2D eigenvalue weighted by atomic mass is 10.1. The van der Waals surface area contributed by atoms with Crippen molar-refractivity contribution in [2.75, 3.05) is 30.8 Å². The molecule has 0 saturated carbocycles. The van der Waals surface area contributed by atoms with E-state index in [1.165, 1.54) is 6.07 Å². The van der Waals surface area contributed by atoms with Crippen LogP contribution in [-0.4, -0.2) is 26.3 Å². The Morgan fingerprint density at radius 2 is 2.06 bits per heavy atom. The number of hydrogen-bond acceptors (Lipinski definition) is 3. The Kier molecular flexibility index (Phi) is 4.09. The molecule has 1 fully saturated rings. The summed E-state index contributed by atoms with van der Waals surface area (Å²) < 4.78 is 19.4. The zero-order valence-corrected chi connectivity index (χ0v) is 11.9. The van der Waals surface area contributed by atoms with Crippen molar-refractivity contribution in [1.29, 1.82) is 0 Å². The Balaban J connectivity index is 2.16. The second kappa shape index (κ2) is 5.39. The van der Waals surface area contributed by atoms with Gasteiger partial charge in [-0.05, 0) is 41.5 Å². The van der Waals surface area contributed by atoms with Crippen molar-refractivity contribution in [3.63, 3.8) is 0 Å². The Morgan fingerprint density at radius 1 is 1.41 bits per heavy atom. The number of anilines is 2. The number of benzene rings is 1. The highest BCUT2D eigenvalue weighted by Gasteiger charge is 2.21. The maximum Gasteiger partial charge on any atom is 0.138 e. The summed E-state index contributed by atoms with van der Waals surface area (Å²) in [4.78, 5) is 2.13. The molecule has 1 aromatic rings. The Hall–Kier alpha value is -0.560. The number of piperidine rings is 1. The number of hydrogen-bond donors (Lipinski definition) is 1. The molecule has 1 aliphatic heterocycles. The van der Waals surface area contributed by atoms with Gasteiger partial charge < -0.3 is 15.4 Å². The number of halogens is 2. The number of methoxy groups -OCH3 is 1. The fourth-order valence-corrected chi connectivity index (χ4v) is 2.65. The van der Waals surface area contributed by atoms with Crippen molar-refractivity contribution in [3.8, 4) is 0 Å². The fraction of sp³-hybridized carbons (Fsp3) is 0.500. The van der Waals surface area contributed by atoms with E-state index in [9.17, 15) is 4.39 Å². The molecule has 0 aliphatic carbocycles. The van der Waals surface area contributed by atoms with Crippen LogP contribution in [0.2, 0.25) is 0 Å². The molecule has 0 spiro atoms. The van der Waals surface area contributed by atoms with E-state index in [1.807, 2.05) is 22.6 Å². The zero-order valence-electron chi connectivity index (χ0n) is 9.75. The monoisotopic (exact) mass is 350 g/mol. The van der Waals surface area contributed by atoms with Gasteiger partial charge in [0.1, 0.15) is 5.82 Å². The summed E-state index contributed by atoms with van der Waals surface area (Å²) in [6, 6.07) is 3.22. The summed E-state index contributed by atoms with van der Waals surface area (Å²) in [6.07, 6.45) is 2.24. The molecule has 94 valence electrons. The highest BCUT2D eigenvalue weighted by Crippen LogP contribution is 2.30. The predicted octanol–water partition coefficient (Wildman–Crippen LogP) is 2.63. The molecule has 1 heterocycles. The van der Waals surface area contributed by atoms with Crippen molar-refractivity contribution in [3.05, 3.63) is 21.5 Å². The number of nitrogens with two attached hydrogens (primary N) is 1. The summed E-state index contributed by atoms with van der Waals surface area (Å²) in [5, 5.41) is 0. The molecule has 1 aromatic carbocycles. The SMILES string of the molecule is COC1CCN(c2cc(F)c(I)cc2N)CC1. The lowest BCUT2D eigenvalue weighted by Gasteiger charge is -2.33. The minimum absolute atomic E-state index is 0.205. The highest BCUT2D eigenvalue weighted by molar-refractivity contribution is 14.1. The second-order valence-corrected chi connectivity index (χ2v) is 5.41. The van der Waals surface area contributed by atoms with Crippen LogP contribution in [0.25, 0.3) is 0 Å². The molecule has 2 N–H and O–H groups in total. The topological polar surface area (TPSA) is 38.5 Å². The Labute approximate surface area is 114 Å². The lowest BCUT2D eigenvalue weighted by molar-refractivity contribution is 0.0819. The van der Waals surface area contributed by atoms with Crippen molar-refractivity contribution in [2.45, 2.75) is 18.9 Å². The van der Waals surface area contributed by atoms with Crippen LogP contribution in [0, 0.1) is 9.39 Å². The molecule has 1 saturated heterocycles. The van der Waals surface area contributed by atoms with Crippen molar-refractivity contribution in [1.82, 2.24) is 0 Å². The van der Waals surface area contributed by atoms with Gasteiger partial charge in [-0.2, -0.15) is 0 Å². The van der Waals surface area contributed by atoms with Crippen molar-refractivity contribution in [2.24, 2.45) is 0 Å². The van der Waals surface area contributed by atoms with Gasteiger partial charge in [-0.3, -0.25) is 0 Å². The first-order chi connectivity index (χ1) is 8.11. The maximum absolute atomic E-state index is 13.5. The summed E-state index contributed by atoms with van der Waals surface area (Å²) in [5.74, 6) is -0.205. The van der Waals surface area contributed by atoms with E-state index in [1.54, 1.807) is 13.2 Å². The van der Waals surface area contributed by atoms with Gasteiger partial charge in [-0.15, -0.1) is 0 Å². The molecular formula is C12H16FIN2O. The number of rotatable bonds is 2. The van der Waals surface area contributed by atoms with Crippen LogP contribution < -0.4 is 10.6 Å². The maximum atomic E-state index is 13.5. The zero-order chi connectivity index (χ0) is 12.4. The molecular weight excluding hydrogens is 334 g/mol.